The highest BCUT2D eigenvalue weighted by atomic mass is 32.1. The average Bonchev–Trinajstić information content (AvgIpc) is 3.12. The van der Waals surface area contributed by atoms with Gasteiger partial charge in [0.05, 0.1) is 0 Å². The Kier molecular flexibility index (Phi) is 4.62. The molecule has 0 atom stereocenters. The first-order chi connectivity index (χ1) is 11.5. The first-order valence-corrected chi connectivity index (χ1v) is 8.86. The molecule has 24 heavy (non-hydrogen) atoms. The zero-order valence-electron chi connectivity index (χ0n) is 14.3. The number of carbonyl (C=O) groups is 1. The Bertz CT molecular complexity index is 837. The second kappa shape index (κ2) is 6.68. The van der Waals surface area contributed by atoms with Crippen LogP contribution in [0.3, 0.4) is 0 Å². The highest BCUT2D eigenvalue weighted by Gasteiger charge is 2.24. The molecule has 0 unspecified atom stereocenters. The number of benzene rings is 1. The summed E-state index contributed by atoms with van der Waals surface area (Å²) in [6, 6.07) is 10.1. The summed E-state index contributed by atoms with van der Waals surface area (Å²) in [6.07, 6.45) is 0. The van der Waals surface area contributed by atoms with Crippen LogP contribution in [-0.2, 0) is 6.54 Å². The van der Waals surface area contributed by atoms with Gasteiger partial charge in [0.2, 0.25) is 9.97 Å². The number of rotatable bonds is 5. The first kappa shape index (κ1) is 16.6. The van der Waals surface area contributed by atoms with Crippen molar-refractivity contribution in [2.45, 2.75) is 46.2 Å². The van der Waals surface area contributed by atoms with Gasteiger partial charge in [-0.2, -0.15) is 4.52 Å². The second-order valence-electron chi connectivity index (χ2n) is 6.33. The van der Waals surface area contributed by atoms with E-state index in [9.17, 15) is 4.79 Å². The third-order valence-electron chi connectivity index (χ3n) is 3.79. The minimum absolute atomic E-state index is 0.0703. The van der Waals surface area contributed by atoms with E-state index in [1.54, 1.807) is 4.52 Å². The fraction of sp³-hybridized carbons (Fsp3) is 0.412. The van der Waals surface area contributed by atoms with Crippen LogP contribution in [0.4, 0.5) is 0 Å². The molecule has 0 aliphatic carbocycles. The number of carbonyl (C=O) groups excluding carboxylic acids is 1. The van der Waals surface area contributed by atoms with Crippen LogP contribution in [0.1, 0.15) is 54.8 Å². The molecule has 2 heterocycles. The monoisotopic (exact) mass is 343 g/mol. The smallest absolute Gasteiger partial charge is 0.285 e. The van der Waals surface area contributed by atoms with E-state index in [0.29, 0.717) is 16.5 Å². The van der Waals surface area contributed by atoms with Gasteiger partial charge in [0.1, 0.15) is 0 Å². The molecule has 126 valence electrons. The van der Waals surface area contributed by atoms with Crippen LogP contribution >= 0.6 is 11.3 Å². The summed E-state index contributed by atoms with van der Waals surface area (Å²) >= 11 is 1.29. The number of hydrogen-bond donors (Lipinski definition) is 0. The van der Waals surface area contributed by atoms with Crippen molar-refractivity contribution in [2.75, 3.05) is 0 Å². The van der Waals surface area contributed by atoms with E-state index in [0.717, 1.165) is 11.4 Å². The third kappa shape index (κ3) is 3.17. The summed E-state index contributed by atoms with van der Waals surface area (Å²) in [5.41, 5.74) is 1.10. The standard InChI is InChI=1S/C17H21N5OS/c1-11(2)14-18-19-17-22(14)20-15(24-17)16(23)21(12(3)4)10-13-8-6-5-7-9-13/h5-9,11-12H,10H2,1-4H3. The van der Waals surface area contributed by atoms with E-state index in [1.807, 2.05) is 62.9 Å². The molecular formula is C17H21N5OS. The maximum Gasteiger partial charge on any atom is 0.285 e. The Morgan fingerprint density at radius 1 is 1.17 bits per heavy atom. The van der Waals surface area contributed by atoms with E-state index in [-0.39, 0.29) is 17.9 Å². The summed E-state index contributed by atoms with van der Waals surface area (Å²) in [4.78, 5) is 15.4. The van der Waals surface area contributed by atoms with Crippen LogP contribution in [-0.4, -0.2) is 36.7 Å². The molecule has 0 aliphatic rings. The molecule has 0 saturated carbocycles. The summed E-state index contributed by atoms with van der Waals surface area (Å²) in [7, 11) is 0. The molecule has 0 spiro atoms. The van der Waals surface area contributed by atoms with Gasteiger partial charge in [-0.25, -0.2) is 0 Å². The van der Waals surface area contributed by atoms with E-state index in [2.05, 4.69) is 15.3 Å². The molecule has 0 N–H and O–H groups in total. The molecule has 3 aromatic rings. The molecular weight excluding hydrogens is 322 g/mol. The van der Waals surface area contributed by atoms with E-state index >= 15 is 0 Å². The fourth-order valence-corrected chi connectivity index (χ4v) is 3.27. The molecule has 0 radical (unpaired) electrons. The quantitative estimate of drug-likeness (QED) is 0.712. The van der Waals surface area contributed by atoms with Gasteiger partial charge < -0.3 is 4.90 Å². The Balaban J connectivity index is 1.90. The van der Waals surface area contributed by atoms with E-state index in [4.69, 9.17) is 0 Å². The van der Waals surface area contributed by atoms with Crippen molar-refractivity contribution in [3.05, 3.63) is 46.7 Å². The highest BCUT2D eigenvalue weighted by Crippen LogP contribution is 2.21. The third-order valence-corrected chi connectivity index (χ3v) is 4.68. The van der Waals surface area contributed by atoms with Gasteiger partial charge in [-0.15, -0.1) is 15.3 Å². The molecule has 0 fully saturated rings. The molecule has 1 aromatic carbocycles. The summed E-state index contributed by atoms with van der Waals surface area (Å²) in [6.45, 7) is 8.66. The number of aromatic nitrogens is 4. The normalized spacial score (nSPS) is 11.6. The van der Waals surface area contributed by atoms with Gasteiger partial charge in [0, 0.05) is 18.5 Å². The van der Waals surface area contributed by atoms with Crippen molar-refractivity contribution in [1.29, 1.82) is 0 Å². The largest absolute Gasteiger partial charge is 0.330 e. The van der Waals surface area contributed by atoms with Crippen LogP contribution in [0.5, 0.6) is 0 Å². The van der Waals surface area contributed by atoms with Crippen molar-refractivity contribution in [3.8, 4) is 0 Å². The van der Waals surface area contributed by atoms with Gasteiger partial charge in [-0.05, 0) is 19.4 Å². The lowest BCUT2D eigenvalue weighted by molar-refractivity contribution is 0.0688. The Labute approximate surface area is 145 Å². The zero-order valence-corrected chi connectivity index (χ0v) is 15.1. The molecule has 0 bridgehead atoms. The zero-order chi connectivity index (χ0) is 17.3. The molecule has 0 aliphatic heterocycles. The van der Waals surface area contributed by atoms with Crippen LogP contribution in [0.2, 0.25) is 0 Å². The first-order valence-electron chi connectivity index (χ1n) is 8.04. The number of nitrogens with zero attached hydrogens (tertiary/aromatic N) is 5. The Morgan fingerprint density at radius 3 is 2.50 bits per heavy atom. The van der Waals surface area contributed by atoms with Crippen molar-refractivity contribution in [1.82, 2.24) is 24.7 Å². The predicted molar refractivity (Wildman–Crippen MR) is 94.2 cm³/mol. The van der Waals surface area contributed by atoms with E-state index < -0.39 is 0 Å². The summed E-state index contributed by atoms with van der Waals surface area (Å²) in [5, 5.41) is 13.2. The molecule has 0 saturated heterocycles. The van der Waals surface area contributed by atoms with Gasteiger partial charge in [0.15, 0.2) is 5.82 Å². The average molecular weight is 343 g/mol. The molecule has 3 rings (SSSR count). The van der Waals surface area contributed by atoms with Crippen LogP contribution in [0.15, 0.2) is 30.3 Å². The van der Waals surface area contributed by atoms with Gasteiger partial charge in [-0.3, -0.25) is 4.79 Å². The van der Waals surface area contributed by atoms with Crippen LogP contribution < -0.4 is 0 Å². The van der Waals surface area contributed by atoms with E-state index in [1.165, 1.54) is 11.3 Å². The maximum absolute atomic E-state index is 13.0. The fourth-order valence-electron chi connectivity index (χ4n) is 2.47. The van der Waals surface area contributed by atoms with Gasteiger partial charge in [-0.1, -0.05) is 55.5 Å². The Hall–Kier alpha value is -2.28. The van der Waals surface area contributed by atoms with Crippen LogP contribution in [0.25, 0.3) is 4.96 Å². The second-order valence-corrected chi connectivity index (χ2v) is 7.28. The predicted octanol–water partition coefficient (Wildman–Crippen LogP) is 3.36. The van der Waals surface area contributed by atoms with Crippen molar-refractivity contribution < 1.29 is 4.79 Å². The van der Waals surface area contributed by atoms with Crippen LogP contribution in [0, 0.1) is 0 Å². The minimum atomic E-state index is -0.0703. The van der Waals surface area contributed by atoms with Crippen molar-refractivity contribution >= 4 is 22.2 Å². The van der Waals surface area contributed by atoms with Crippen molar-refractivity contribution in [2.24, 2.45) is 0 Å². The maximum atomic E-state index is 13.0. The lowest BCUT2D eigenvalue weighted by Crippen LogP contribution is -2.36. The topological polar surface area (TPSA) is 63.4 Å². The molecule has 1 amide bonds. The lowest BCUT2D eigenvalue weighted by Gasteiger charge is -2.25. The summed E-state index contributed by atoms with van der Waals surface area (Å²) in [5.74, 6) is 0.911. The SMILES string of the molecule is CC(C)c1nnc2sc(C(=O)N(Cc3ccccc3)C(C)C)nn12. The lowest BCUT2D eigenvalue weighted by atomic mass is 10.2. The molecule has 2 aromatic heterocycles. The minimum Gasteiger partial charge on any atom is -0.330 e. The Morgan fingerprint density at radius 2 is 1.88 bits per heavy atom. The molecule has 7 heteroatoms. The van der Waals surface area contributed by atoms with Gasteiger partial charge in [0.25, 0.3) is 5.91 Å². The number of hydrogen-bond acceptors (Lipinski definition) is 5. The summed E-state index contributed by atoms with van der Waals surface area (Å²) < 4.78 is 1.68. The number of fused-ring (bicyclic) bond motifs is 1. The molecule has 6 nitrogen and oxygen atoms in total. The van der Waals surface area contributed by atoms with Gasteiger partial charge >= 0.3 is 0 Å². The highest BCUT2D eigenvalue weighted by molar-refractivity contribution is 7.18. The number of amides is 1. The van der Waals surface area contributed by atoms with Crippen molar-refractivity contribution in [3.63, 3.8) is 0 Å².